The maximum Gasteiger partial charge on any atom is 0.306 e. The summed E-state index contributed by atoms with van der Waals surface area (Å²) < 4.78 is 11.5. The molecule has 1 aromatic heterocycles. The summed E-state index contributed by atoms with van der Waals surface area (Å²) in [4.78, 5) is 30.6. The second-order valence-electron chi connectivity index (χ2n) is 11.4. The van der Waals surface area contributed by atoms with Crippen molar-refractivity contribution in [1.29, 1.82) is 0 Å². The van der Waals surface area contributed by atoms with E-state index in [-0.39, 0.29) is 18.1 Å². The zero-order valence-electron chi connectivity index (χ0n) is 22.1. The fourth-order valence-electron chi connectivity index (χ4n) is 5.23. The van der Waals surface area contributed by atoms with Gasteiger partial charge in [0.25, 0.3) is 0 Å². The van der Waals surface area contributed by atoms with Crippen molar-refractivity contribution in [3.8, 4) is 0 Å². The molecule has 0 aliphatic carbocycles. The number of Topliss-reactive ketones (excluding diaryl/α,β-unsaturated/α-hetero) is 1. The third-order valence-corrected chi connectivity index (χ3v) is 8.54. The van der Waals surface area contributed by atoms with E-state index in [0.29, 0.717) is 30.0 Å². The predicted molar refractivity (Wildman–Crippen MR) is 136 cm³/mol. The van der Waals surface area contributed by atoms with Crippen LogP contribution in [0.1, 0.15) is 90.8 Å². The largest absolute Gasteiger partial charge is 0.452 e. The lowest BCUT2D eigenvalue weighted by Gasteiger charge is -2.37. The minimum absolute atomic E-state index is 0.0229. The number of nitrogens with zero attached hydrogens (tertiary/aromatic N) is 1. The molecule has 2 aliphatic heterocycles. The average Bonchev–Trinajstić information content (AvgIpc) is 3.26. The van der Waals surface area contributed by atoms with Gasteiger partial charge in [-0.2, -0.15) is 0 Å². The van der Waals surface area contributed by atoms with Crippen LogP contribution in [0.3, 0.4) is 0 Å². The van der Waals surface area contributed by atoms with Crippen molar-refractivity contribution >= 4 is 29.2 Å². The number of esters is 1. The summed E-state index contributed by atoms with van der Waals surface area (Å²) in [6.45, 7) is 13.1. The number of cyclic esters (lactones) is 1. The number of hydrogen-bond acceptors (Lipinski definition) is 8. The molecule has 0 spiro atoms. The number of carbonyl (C=O) groups excluding carboxylic acids is 2. The van der Waals surface area contributed by atoms with Crippen molar-refractivity contribution in [2.75, 3.05) is 0 Å². The van der Waals surface area contributed by atoms with Crippen LogP contribution in [0.15, 0.2) is 11.0 Å². The molecule has 2 N–H and O–H groups in total. The van der Waals surface area contributed by atoms with Gasteiger partial charge in [0.1, 0.15) is 11.9 Å². The van der Waals surface area contributed by atoms with E-state index < -0.39 is 35.0 Å². The van der Waals surface area contributed by atoms with Gasteiger partial charge in [0.05, 0.1) is 10.7 Å². The highest BCUT2D eigenvalue weighted by atomic mass is 32.1. The maximum absolute atomic E-state index is 13.1. The van der Waals surface area contributed by atoms with Gasteiger partial charge in [-0.05, 0) is 57.6 Å². The molecule has 2 fully saturated rings. The van der Waals surface area contributed by atoms with Crippen molar-refractivity contribution in [2.24, 2.45) is 17.3 Å². The Morgan fingerprint density at radius 3 is 2.54 bits per heavy atom. The molecule has 3 heterocycles. The van der Waals surface area contributed by atoms with E-state index >= 15 is 0 Å². The first-order valence-corrected chi connectivity index (χ1v) is 13.5. The van der Waals surface area contributed by atoms with Crippen molar-refractivity contribution in [2.45, 2.75) is 111 Å². The van der Waals surface area contributed by atoms with Crippen molar-refractivity contribution < 1.29 is 29.3 Å². The van der Waals surface area contributed by atoms with Crippen LogP contribution in [0, 0.1) is 24.2 Å². The third kappa shape index (κ3) is 6.21. The maximum atomic E-state index is 13.1. The number of fused-ring (bicyclic) bond motifs is 1. The van der Waals surface area contributed by atoms with E-state index in [2.05, 4.69) is 11.9 Å². The molecule has 0 saturated carbocycles. The summed E-state index contributed by atoms with van der Waals surface area (Å²) in [5.41, 5.74) is -0.971. The summed E-state index contributed by atoms with van der Waals surface area (Å²) in [5.74, 6) is -1.93. The molecule has 0 radical (unpaired) electrons. The molecular formula is C27H41NO6S. The first-order chi connectivity index (χ1) is 16.2. The molecule has 0 amide bonds. The number of aliphatic hydroxyl groups is 2. The molecule has 3 rings (SSSR count). The number of carbonyl (C=O) groups is 2. The molecule has 2 saturated heterocycles. The molecule has 196 valence electrons. The Balaban J connectivity index is 1.92. The van der Waals surface area contributed by atoms with E-state index in [1.165, 1.54) is 11.3 Å². The highest BCUT2D eigenvalue weighted by Gasteiger charge is 2.66. The topological polar surface area (TPSA) is 109 Å². The number of epoxide rings is 1. The Kier molecular flexibility index (Phi) is 8.31. The second kappa shape index (κ2) is 10.4. The molecule has 0 aromatic carbocycles. The third-order valence-electron chi connectivity index (χ3n) is 7.75. The standard InChI is InChI=1S/C27H41NO6S/c1-16-9-8-10-21-27(32,33-21)24(31)26(7,18(3)14-20-15-35-19(4)28-20)34-22(29)11-12-25(5,6)23(30)17(2)13-16/h14-17,21,24,31-32H,8-13H2,1-7H3. The van der Waals surface area contributed by atoms with E-state index in [9.17, 15) is 19.8 Å². The molecule has 6 unspecified atom stereocenters. The van der Waals surface area contributed by atoms with E-state index in [1.807, 2.05) is 33.1 Å². The van der Waals surface area contributed by atoms with Crippen LogP contribution in [-0.4, -0.2) is 50.5 Å². The zero-order chi connectivity index (χ0) is 26.2. The van der Waals surface area contributed by atoms with Crippen LogP contribution >= 0.6 is 11.3 Å². The fourth-order valence-corrected chi connectivity index (χ4v) is 5.80. The Morgan fingerprint density at radius 2 is 1.91 bits per heavy atom. The summed E-state index contributed by atoms with van der Waals surface area (Å²) in [6, 6.07) is 0. The summed E-state index contributed by atoms with van der Waals surface area (Å²) in [5, 5.41) is 25.3. The van der Waals surface area contributed by atoms with E-state index in [1.54, 1.807) is 19.9 Å². The number of aromatic nitrogens is 1. The van der Waals surface area contributed by atoms with Crippen LogP contribution in [0.4, 0.5) is 0 Å². The SMILES string of the molecule is CC(=Cc1csc(C)n1)C1(C)OC(=O)CCC(C)(C)C(=O)C(C)CC(C)CCCC2OC2(O)C1O. The first kappa shape index (κ1) is 28.0. The summed E-state index contributed by atoms with van der Waals surface area (Å²) >= 11 is 1.50. The quantitative estimate of drug-likeness (QED) is 0.436. The van der Waals surface area contributed by atoms with Gasteiger partial charge < -0.3 is 19.7 Å². The van der Waals surface area contributed by atoms with Crippen LogP contribution in [0.5, 0.6) is 0 Å². The molecule has 2 aliphatic rings. The van der Waals surface area contributed by atoms with Crippen molar-refractivity contribution in [1.82, 2.24) is 4.98 Å². The number of thiazole rings is 1. The van der Waals surface area contributed by atoms with Crippen LogP contribution in [-0.2, 0) is 19.1 Å². The zero-order valence-corrected chi connectivity index (χ0v) is 22.9. The molecular weight excluding hydrogens is 466 g/mol. The minimum atomic E-state index is -1.79. The predicted octanol–water partition coefficient (Wildman–Crippen LogP) is 4.83. The monoisotopic (exact) mass is 507 g/mol. The smallest absolute Gasteiger partial charge is 0.306 e. The second-order valence-corrected chi connectivity index (χ2v) is 12.4. The number of ether oxygens (including phenoxy) is 2. The highest BCUT2D eigenvalue weighted by molar-refractivity contribution is 7.09. The van der Waals surface area contributed by atoms with Gasteiger partial charge in [-0.25, -0.2) is 4.98 Å². The summed E-state index contributed by atoms with van der Waals surface area (Å²) in [7, 11) is 0. The highest BCUT2D eigenvalue weighted by Crippen LogP contribution is 2.47. The Bertz CT molecular complexity index is 971. The van der Waals surface area contributed by atoms with Gasteiger partial charge >= 0.3 is 5.97 Å². The summed E-state index contributed by atoms with van der Waals surface area (Å²) in [6.07, 6.45) is 3.15. The van der Waals surface area contributed by atoms with Crippen LogP contribution < -0.4 is 0 Å². The lowest BCUT2D eigenvalue weighted by molar-refractivity contribution is -0.186. The van der Waals surface area contributed by atoms with Crippen molar-refractivity contribution in [3.05, 3.63) is 21.7 Å². The number of aryl methyl sites for hydroxylation is 1. The molecule has 7 nitrogen and oxygen atoms in total. The molecule has 8 heteroatoms. The van der Waals surface area contributed by atoms with Crippen molar-refractivity contribution in [3.63, 3.8) is 0 Å². The van der Waals surface area contributed by atoms with E-state index in [0.717, 1.165) is 24.3 Å². The van der Waals surface area contributed by atoms with Gasteiger partial charge in [-0.1, -0.05) is 40.5 Å². The van der Waals surface area contributed by atoms with Gasteiger partial charge in [0, 0.05) is 23.1 Å². The molecule has 1 aromatic rings. The minimum Gasteiger partial charge on any atom is -0.452 e. The number of rotatable bonds is 2. The lowest BCUT2D eigenvalue weighted by atomic mass is 9.75. The van der Waals surface area contributed by atoms with Crippen LogP contribution in [0.2, 0.25) is 0 Å². The Morgan fingerprint density at radius 1 is 1.23 bits per heavy atom. The van der Waals surface area contributed by atoms with Crippen LogP contribution in [0.25, 0.3) is 6.08 Å². The van der Waals surface area contributed by atoms with E-state index in [4.69, 9.17) is 9.47 Å². The first-order valence-electron chi connectivity index (χ1n) is 12.6. The fraction of sp³-hybridized carbons (Fsp3) is 0.741. The van der Waals surface area contributed by atoms with Gasteiger partial charge in [0.15, 0.2) is 11.7 Å². The molecule has 0 bridgehead atoms. The number of aliphatic hydroxyl groups excluding tert-OH is 1. The Labute approximate surface area is 212 Å². The lowest BCUT2D eigenvalue weighted by Crippen LogP contribution is -2.53. The normalized spacial score (nSPS) is 37.5. The number of ketones is 1. The van der Waals surface area contributed by atoms with Gasteiger partial charge in [-0.15, -0.1) is 11.3 Å². The molecule has 6 atom stereocenters. The average molecular weight is 508 g/mol. The molecule has 35 heavy (non-hydrogen) atoms. The van der Waals surface area contributed by atoms with Gasteiger partial charge in [0.2, 0.25) is 5.79 Å². The van der Waals surface area contributed by atoms with Gasteiger partial charge in [-0.3, -0.25) is 9.59 Å². The number of hydrogen-bond donors (Lipinski definition) is 2. The Hall–Kier alpha value is -1.61.